The second kappa shape index (κ2) is 8.28. The lowest BCUT2D eigenvalue weighted by Gasteiger charge is -2.15. The van der Waals surface area contributed by atoms with Crippen molar-refractivity contribution in [1.82, 2.24) is 5.32 Å². The third-order valence-corrected chi connectivity index (χ3v) is 3.77. The van der Waals surface area contributed by atoms with E-state index < -0.39 is 0 Å². The zero-order valence-electron chi connectivity index (χ0n) is 12.8. The summed E-state index contributed by atoms with van der Waals surface area (Å²) in [7, 11) is 0. The van der Waals surface area contributed by atoms with Crippen molar-refractivity contribution in [3.05, 3.63) is 29.3 Å². The van der Waals surface area contributed by atoms with Gasteiger partial charge in [0, 0.05) is 25.7 Å². The Hall–Kier alpha value is -1.06. The first-order valence-corrected chi connectivity index (χ1v) is 7.88. The van der Waals surface area contributed by atoms with Crippen LogP contribution in [0.1, 0.15) is 50.3 Å². The van der Waals surface area contributed by atoms with Gasteiger partial charge in [0.15, 0.2) is 0 Å². The van der Waals surface area contributed by atoms with Crippen LogP contribution in [0.2, 0.25) is 0 Å². The van der Waals surface area contributed by atoms with E-state index in [9.17, 15) is 0 Å². The molecule has 1 aromatic rings. The molecule has 1 unspecified atom stereocenters. The van der Waals surface area contributed by atoms with Crippen LogP contribution in [0, 0.1) is 0 Å². The highest BCUT2D eigenvalue weighted by atomic mass is 16.5. The zero-order chi connectivity index (χ0) is 14.2. The average Bonchev–Trinajstić information content (AvgIpc) is 2.93. The number of fused-ring (bicyclic) bond motifs is 1. The van der Waals surface area contributed by atoms with Gasteiger partial charge >= 0.3 is 0 Å². The third-order valence-electron chi connectivity index (χ3n) is 3.77. The third kappa shape index (κ3) is 4.50. The van der Waals surface area contributed by atoms with E-state index in [1.54, 1.807) is 0 Å². The Kier molecular flexibility index (Phi) is 6.34. The van der Waals surface area contributed by atoms with Crippen LogP contribution in [0.5, 0.6) is 5.75 Å². The molecule has 112 valence electrons. The van der Waals surface area contributed by atoms with Crippen molar-refractivity contribution in [2.24, 2.45) is 0 Å². The van der Waals surface area contributed by atoms with E-state index in [1.807, 2.05) is 0 Å². The summed E-state index contributed by atoms with van der Waals surface area (Å²) in [6, 6.07) is 6.93. The molecule has 1 aliphatic heterocycles. The summed E-state index contributed by atoms with van der Waals surface area (Å²) in [6.45, 7) is 7.99. The summed E-state index contributed by atoms with van der Waals surface area (Å²) >= 11 is 0. The molecule has 0 saturated carbocycles. The van der Waals surface area contributed by atoms with Crippen LogP contribution >= 0.6 is 0 Å². The van der Waals surface area contributed by atoms with Crippen LogP contribution in [-0.4, -0.2) is 26.4 Å². The first-order chi connectivity index (χ1) is 9.81. The molecule has 20 heavy (non-hydrogen) atoms. The molecule has 0 spiro atoms. The van der Waals surface area contributed by atoms with Crippen LogP contribution in [0.15, 0.2) is 18.2 Å². The minimum atomic E-state index is 0.386. The lowest BCUT2D eigenvalue weighted by Crippen LogP contribution is -2.21. The molecule has 2 rings (SSSR count). The van der Waals surface area contributed by atoms with Crippen molar-refractivity contribution in [1.29, 1.82) is 0 Å². The van der Waals surface area contributed by atoms with Crippen LogP contribution in [0.3, 0.4) is 0 Å². The fraction of sp³-hybridized carbons (Fsp3) is 0.647. The minimum absolute atomic E-state index is 0.386. The maximum Gasteiger partial charge on any atom is 0.122 e. The van der Waals surface area contributed by atoms with Gasteiger partial charge in [0.2, 0.25) is 0 Å². The molecule has 0 radical (unpaired) electrons. The van der Waals surface area contributed by atoms with Crippen molar-refractivity contribution in [3.8, 4) is 5.75 Å². The van der Waals surface area contributed by atoms with Crippen LogP contribution < -0.4 is 10.1 Å². The second-order valence-corrected chi connectivity index (χ2v) is 5.46. The lowest BCUT2D eigenvalue weighted by atomic mass is 10.0. The van der Waals surface area contributed by atoms with Gasteiger partial charge in [0.25, 0.3) is 0 Å². The van der Waals surface area contributed by atoms with Crippen molar-refractivity contribution >= 4 is 0 Å². The summed E-state index contributed by atoms with van der Waals surface area (Å²) in [4.78, 5) is 0. The molecule has 0 aliphatic carbocycles. The maximum atomic E-state index is 5.57. The summed E-state index contributed by atoms with van der Waals surface area (Å²) in [5.41, 5.74) is 2.69. The van der Waals surface area contributed by atoms with Gasteiger partial charge in [-0.1, -0.05) is 25.5 Å². The smallest absolute Gasteiger partial charge is 0.122 e. The Labute approximate surface area is 122 Å². The highest BCUT2D eigenvalue weighted by Gasteiger charge is 2.14. The topological polar surface area (TPSA) is 30.5 Å². The number of hydrogen-bond donors (Lipinski definition) is 1. The molecule has 0 bridgehead atoms. The predicted molar refractivity (Wildman–Crippen MR) is 82.4 cm³/mol. The molecular weight excluding hydrogens is 250 g/mol. The normalized spacial score (nSPS) is 14.9. The molecule has 3 heteroatoms. The largest absolute Gasteiger partial charge is 0.493 e. The number of hydrogen-bond acceptors (Lipinski definition) is 3. The number of ether oxygens (including phenoxy) is 2. The molecule has 0 aromatic heterocycles. The minimum Gasteiger partial charge on any atom is -0.493 e. The predicted octanol–water partition coefficient (Wildman–Crippen LogP) is 3.48. The van der Waals surface area contributed by atoms with Gasteiger partial charge < -0.3 is 14.8 Å². The monoisotopic (exact) mass is 277 g/mol. The van der Waals surface area contributed by atoms with Gasteiger partial charge in [0.1, 0.15) is 5.75 Å². The summed E-state index contributed by atoms with van der Waals surface area (Å²) in [5, 5.41) is 3.56. The van der Waals surface area contributed by atoms with E-state index >= 15 is 0 Å². The molecule has 1 heterocycles. The first kappa shape index (κ1) is 15.3. The van der Waals surface area contributed by atoms with Crippen molar-refractivity contribution in [3.63, 3.8) is 0 Å². The zero-order valence-corrected chi connectivity index (χ0v) is 12.8. The Morgan fingerprint density at radius 3 is 3.00 bits per heavy atom. The van der Waals surface area contributed by atoms with Gasteiger partial charge in [-0.05, 0) is 43.5 Å². The SMILES string of the molecule is CCCCOCCCNC(C)c1ccc2c(c1)CCO2. The fourth-order valence-corrected chi connectivity index (χ4v) is 2.43. The summed E-state index contributed by atoms with van der Waals surface area (Å²) in [5.74, 6) is 1.06. The second-order valence-electron chi connectivity index (χ2n) is 5.46. The number of unbranched alkanes of at least 4 members (excludes halogenated alkanes) is 1. The molecule has 1 atom stereocenters. The van der Waals surface area contributed by atoms with Crippen LogP contribution in [-0.2, 0) is 11.2 Å². The van der Waals surface area contributed by atoms with Crippen molar-refractivity contribution in [2.75, 3.05) is 26.4 Å². The first-order valence-electron chi connectivity index (χ1n) is 7.88. The van der Waals surface area contributed by atoms with Gasteiger partial charge in [-0.2, -0.15) is 0 Å². The van der Waals surface area contributed by atoms with Gasteiger partial charge in [-0.15, -0.1) is 0 Å². The Bertz CT molecular complexity index is 406. The van der Waals surface area contributed by atoms with Crippen molar-refractivity contribution in [2.45, 2.75) is 45.6 Å². The lowest BCUT2D eigenvalue weighted by molar-refractivity contribution is 0.128. The van der Waals surface area contributed by atoms with E-state index in [0.29, 0.717) is 6.04 Å². The molecule has 1 aliphatic rings. The Balaban J connectivity index is 1.66. The molecule has 0 saturated heterocycles. The molecule has 1 aromatic carbocycles. The Morgan fingerprint density at radius 1 is 1.30 bits per heavy atom. The molecule has 0 amide bonds. The van der Waals surface area contributed by atoms with Gasteiger partial charge in [0.05, 0.1) is 6.61 Å². The molecule has 1 N–H and O–H groups in total. The van der Waals surface area contributed by atoms with E-state index in [2.05, 4.69) is 37.4 Å². The van der Waals surface area contributed by atoms with Gasteiger partial charge in [-0.25, -0.2) is 0 Å². The molecule has 3 nitrogen and oxygen atoms in total. The number of rotatable bonds is 9. The highest BCUT2D eigenvalue weighted by molar-refractivity contribution is 5.40. The molecular formula is C17H27NO2. The number of nitrogens with one attached hydrogen (secondary N) is 1. The van der Waals surface area contributed by atoms with E-state index in [-0.39, 0.29) is 0 Å². The standard InChI is InChI=1S/C17H27NO2/c1-3-4-10-19-11-5-9-18-14(2)15-6-7-17-16(13-15)8-12-20-17/h6-7,13-14,18H,3-5,8-12H2,1-2H3. The summed E-state index contributed by atoms with van der Waals surface area (Å²) < 4.78 is 11.1. The fourth-order valence-electron chi connectivity index (χ4n) is 2.43. The van der Waals surface area contributed by atoms with Crippen LogP contribution in [0.4, 0.5) is 0 Å². The van der Waals surface area contributed by atoms with E-state index in [1.165, 1.54) is 24.0 Å². The summed E-state index contributed by atoms with van der Waals surface area (Å²) in [6.07, 6.45) is 4.49. The Morgan fingerprint density at radius 2 is 2.15 bits per heavy atom. The van der Waals surface area contributed by atoms with Crippen LogP contribution in [0.25, 0.3) is 0 Å². The highest BCUT2D eigenvalue weighted by Crippen LogP contribution is 2.27. The quantitative estimate of drug-likeness (QED) is 0.701. The number of benzene rings is 1. The van der Waals surface area contributed by atoms with E-state index in [4.69, 9.17) is 9.47 Å². The maximum absolute atomic E-state index is 5.57. The van der Waals surface area contributed by atoms with Crippen molar-refractivity contribution < 1.29 is 9.47 Å². The molecule has 0 fully saturated rings. The average molecular weight is 277 g/mol. The van der Waals surface area contributed by atoms with Gasteiger partial charge in [-0.3, -0.25) is 0 Å². The van der Waals surface area contributed by atoms with E-state index in [0.717, 1.165) is 45.0 Å².